The van der Waals surface area contributed by atoms with Gasteiger partial charge < -0.3 is 9.69 Å². The maximum Gasteiger partial charge on any atom is 0.120 e. The highest BCUT2D eigenvalue weighted by Gasteiger charge is 2.00. The van der Waals surface area contributed by atoms with Gasteiger partial charge in [0.25, 0.3) is 0 Å². The molecule has 0 radical (unpaired) electrons. The molecule has 0 aromatic heterocycles. The molecular formula is C17H27NO. The van der Waals surface area contributed by atoms with Crippen LogP contribution in [0.2, 0.25) is 0 Å². The normalized spacial score (nSPS) is 10.4. The summed E-state index contributed by atoms with van der Waals surface area (Å²) in [5.74, 6) is 0. The lowest BCUT2D eigenvalue weighted by atomic mass is 10.1. The summed E-state index contributed by atoms with van der Waals surface area (Å²) < 4.78 is 0. The molecule has 0 aliphatic heterocycles. The van der Waals surface area contributed by atoms with Crippen molar-refractivity contribution in [1.29, 1.82) is 0 Å². The van der Waals surface area contributed by atoms with Gasteiger partial charge in [-0.3, -0.25) is 0 Å². The summed E-state index contributed by atoms with van der Waals surface area (Å²) >= 11 is 0. The minimum atomic E-state index is 0.653. The second-order valence-electron chi connectivity index (χ2n) is 5.21. The van der Waals surface area contributed by atoms with E-state index in [0.29, 0.717) is 6.42 Å². The number of unbranched alkanes of at least 4 members (excludes halogenated alkanes) is 4. The third kappa shape index (κ3) is 6.42. The second kappa shape index (κ2) is 9.60. The van der Waals surface area contributed by atoms with Crippen molar-refractivity contribution < 1.29 is 4.79 Å². The molecule has 1 rings (SSSR count). The first-order valence-electron chi connectivity index (χ1n) is 7.51. The summed E-state index contributed by atoms with van der Waals surface area (Å²) in [6.07, 6.45) is 9.04. The molecule has 0 bridgehead atoms. The molecule has 0 aliphatic carbocycles. The van der Waals surface area contributed by atoms with Crippen molar-refractivity contribution in [2.75, 3.05) is 18.5 Å². The number of carbonyl (C=O) groups is 1. The monoisotopic (exact) mass is 261 g/mol. The molecule has 1 aromatic rings. The van der Waals surface area contributed by atoms with Gasteiger partial charge >= 0.3 is 0 Å². The number of hydrogen-bond acceptors (Lipinski definition) is 2. The minimum absolute atomic E-state index is 0.653. The lowest BCUT2D eigenvalue weighted by molar-refractivity contribution is -0.107. The van der Waals surface area contributed by atoms with E-state index in [-0.39, 0.29) is 0 Å². The smallest absolute Gasteiger partial charge is 0.120 e. The number of anilines is 1. The van der Waals surface area contributed by atoms with Gasteiger partial charge in [0.2, 0.25) is 0 Å². The molecule has 0 saturated carbocycles. The molecular weight excluding hydrogens is 234 g/mol. The van der Waals surface area contributed by atoms with Gasteiger partial charge in [-0.25, -0.2) is 0 Å². The van der Waals surface area contributed by atoms with E-state index in [1.165, 1.54) is 43.4 Å². The molecule has 0 aliphatic rings. The van der Waals surface area contributed by atoms with E-state index in [0.717, 1.165) is 19.3 Å². The van der Waals surface area contributed by atoms with Gasteiger partial charge in [-0.2, -0.15) is 0 Å². The number of aldehydes is 1. The standard InChI is InChI=1S/C17H27NO/c1-3-4-5-6-9-16-10-12-17(13-11-16)18(2)14-7-8-15-19/h10-13,15H,3-9,14H2,1-2H3. The Morgan fingerprint density at radius 1 is 1.05 bits per heavy atom. The largest absolute Gasteiger partial charge is 0.375 e. The number of rotatable bonds is 10. The lowest BCUT2D eigenvalue weighted by Crippen LogP contribution is -2.18. The van der Waals surface area contributed by atoms with Crippen LogP contribution < -0.4 is 4.90 Å². The number of hydrogen-bond donors (Lipinski definition) is 0. The Hall–Kier alpha value is -1.31. The van der Waals surface area contributed by atoms with Crippen molar-refractivity contribution in [3.63, 3.8) is 0 Å². The molecule has 0 heterocycles. The van der Waals surface area contributed by atoms with Crippen LogP contribution in [0.3, 0.4) is 0 Å². The highest BCUT2D eigenvalue weighted by molar-refractivity contribution is 5.50. The molecule has 1 aromatic carbocycles. The van der Waals surface area contributed by atoms with Crippen LogP contribution in [0.5, 0.6) is 0 Å². The van der Waals surface area contributed by atoms with E-state index in [1.54, 1.807) is 0 Å². The first kappa shape index (κ1) is 15.7. The molecule has 106 valence electrons. The molecule has 2 nitrogen and oxygen atoms in total. The average Bonchev–Trinajstić information content (AvgIpc) is 2.44. The van der Waals surface area contributed by atoms with Crippen LogP contribution in [-0.2, 0) is 11.2 Å². The molecule has 0 amide bonds. The Morgan fingerprint density at radius 3 is 2.42 bits per heavy atom. The third-order valence-corrected chi connectivity index (χ3v) is 3.51. The third-order valence-electron chi connectivity index (χ3n) is 3.51. The molecule has 0 spiro atoms. The van der Waals surface area contributed by atoms with Crippen molar-refractivity contribution >= 4 is 12.0 Å². The summed E-state index contributed by atoms with van der Waals surface area (Å²) in [4.78, 5) is 12.5. The van der Waals surface area contributed by atoms with Crippen LogP contribution in [0.15, 0.2) is 24.3 Å². The Bertz CT molecular complexity index is 345. The van der Waals surface area contributed by atoms with E-state index in [2.05, 4.69) is 43.1 Å². The predicted molar refractivity (Wildman–Crippen MR) is 82.9 cm³/mol. The fourth-order valence-electron chi connectivity index (χ4n) is 2.21. The zero-order valence-electron chi connectivity index (χ0n) is 12.4. The SMILES string of the molecule is CCCCCCc1ccc(N(C)CCCC=O)cc1. The number of nitrogens with zero attached hydrogens (tertiary/aromatic N) is 1. The molecule has 0 atom stereocenters. The van der Waals surface area contributed by atoms with Gasteiger partial charge in [0, 0.05) is 25.7 Å². The Labute approximate surface area is 117 Å². The summed E-state index contributed by atoms with van der Waals surface area (Å²) in [5.41, 5.74) is 2.67. The van der Waals surface area contributed by atoms with Gasteiger partial charge in [0.1, 0.15) is 6.29 Å². The fraction of sp³-hybridized carbons (Fsp3) is 0.588. The summed E-state index contributed by atoms with van der Waals surface area (Å²) in [7, 11) is 2.08. The first-order chi connectivity index (χ1) is 9.27. The fourth-order valence-corrected chi connectivity index (χ4v) is 2.21. The predicted octanol–water partition coefficient (Wildman–Crippen LogP) is 4.22. The molecule has 0 N–H and O–H groups in total. The summed E-state index contributed by atoms with van der Waals surface area (Å²) in [5, 5.41) is 0. The van der Waals surface area contributed by atoms with Crippen LogP contribution in [0, 0.1) is 0 Å². The maximum absolute atomic E-state index is 10.3. The van der Waals surface area contributed by atoms with E-state index in [1.807, 2.05) is 0 Å². The molecule has 0 fully saturated rings. The van der Waals surface area contributed by atoms with E-state index < -0.39 is 0 Å². The summed E-state index contributed by atoms with van der Waals surface area (Å²) in [6, 6.07) is 8.85. The van der Waals surface area contributed by atoms with E-state index >= 15 is 0 Å². The van der Waals surface area contributed by atoms with Crippen LogP contribution >= 0.6 is 0 Å². The second-order valence-corrected chi connectivity index (χ2v) is 5.21. The van der Waals surface area contributed by atoms with Gasteiger partial charge in [-0.05, 0) is 37.0 Å². The van der Waals surface area contributed by atoms with Crippen molar-refractivity contribution in [3.8, 4) is 0 Å². The Kier molecular flexibility index (Phi) is 7.95. The number of carbonyl (C=O) groups excluding carboxylic acids is 1. The molecule has 0 saturated heterocycles. The average molecular weight is 261 g/mol. The van der Waals surface area contributed by atoms with Crippen molar-refractivity contribution in [2.24, 2.45) is 0 Å². The topological polar surface area (TPSA) is 20.3 Å². The minimum Gasteiger partial charge on any atom is -0.375 e. The van der Waals surface area contributed by atoms with Crippen molar-refractivity contribution in [1.82, 2.24) is 0 Å². The highest BCUT2D eigenvalue weighted by Crippen LogP contribution is 2.16. The molecule has 19 heavy (non-hydrogen) atoms. The zero-order valence-corrected chi connectivity index (χ0v) is 12.4. The van der Waals surface area contributed by atoms with Gasteiger partial charge in [-0.15, -0.1) is 0 Å². The van der Waals surface area contributed by atoms with E-state index in [4.69, 9.17) is 0 Å². The summed E-state index contributed by atoms with van der Waals surface area (Å²) in [6.45, 7) is 3.18. The number of benzene rings is 1. The number of aryl methyl sites for hydroxylation is 1. The maximum atomic E-state index is 10.3. The molecule has 0 unspecified atom stereocenters. The van der Waals surface area contributed by atoms with E-state index in [9.17, 15) is 4.79 Å². The quantitative estimate of drug-likeness (QED) is 0.464. The first-order valence-corrected chi connectivity index (χ1v) is 7.51. The van der Waals surface area contributed by atoms with Crippen molar-refractivity contribution in [3.05, 3.63) is 29.8 Å². The van der Waals surface area contributed by atoms with Gasteiger partial charge in [0.15, 0.2) is 0 Å². The zero-order chi connectivity index (χ0) is 13.9. The van der Waals surface area contributed by atoms with Crippen LogP contribution in [0.25, 0.3) is 0 Å². The van der Waals surface area contributed by atoms with Crippen molar-refractivity contribution in [2.45, 2.75) is 51.9 Å². The van der Waals surface area contributed by atoms with Gasteiger partial charge in [0.05, 0.1) is 0 Å². The van der Waals surface area contributed by atoms with Crippen LogP contribution in [0.1, 0.15) is 51.0 Å². The lowest BCUT2D eigenvalue weighted by Gasteiger charge is -2.19. The molecule has 2 heteroatoms. The van der Waals surface area contributed by atoms with Gasteiger partial charge in [-0.1, -0.05) is 38.3 Å². The Morgan fingerprint density at radius 2 is 1.79 bits per heavy atom. The van der Waals surface area contributed by atoms with Crippen LogP contribution in [-0.4, -0.2) is 19.9 Å². The van der Waals surface area contributed by atoms with Crippen LogP contribution in [0.4, 0.5) is 5.69 Å². The Balaban J connectivity index is 2.35. The highest BCUT2D eigenvalue weighted by atomic mass is 16.1.